The first-order valence-electron chi connectivity index (χ1n) is 10.4. The van der Waals surface area contributed by atoms with E-state index in [-0.39, 0.29) is 5.92 Å². The topological polar surface area (TPSA) is 49.3 Å². The van der Waals surface area contributed by atoms with Gasteiger partial charge in [-0.1, -0.05) is 42.8 Å². The van der Waals surface area contributed by atoms with Crippen molar-refractivity contribution in [2.75, 3.05) is 31.1 Å². The minimum absolute atomic E-state index is 0.0726. The average Bonchev–Trinajstić information content (AvgIpc) is 3.04. The largest absolute Gasteiger partial charge is 0.354 e. The molecule has 2 aliphatic heterocycles. The minimum atomic E-state index is 0.0726. The van der Waals surface area contributed by atoms with E-state index < -0.39 is 0 Å². The molecule has 1 amide bonds. The number of hydrogen-bond acceptors (Lipinski definition) is 5. The normalized spacial score (nSPS) is 20.6. The second kappa shape index (κ2) is 9.41. The number of hydrogen-bond donors (Lipinski definition) is 0. The van der Waals surface area contributed by atoms with Crippen molar-refractivity contribution in [2.45, 2.75) is 48.4 Å². The Balaban J connectivity index is 1.48. The van der Waals surface area contributed by atoms with Crippen LogP contribution >= 0.6 is 11.8 Å². The van der Waals surface area contributed by atoms with Gasteiger partial charge < -0.3 is 9.80 Å². The Bertz CT molecular complexity index is 777. The molecule has 148 valence electrons. The van der Waals surface area contributed by atoms with E-state index in [2.05, 4.69) is 31.9 Å². The summed E-state index contributed by atoms with van der Waals surface area (Å²) in [5.74, 6) is 1.32. The molecule has 4 rings (SSSR count). The third-order valence-corrected chi connectivity index (χ3v) is 6.58. The van der Waals surface area contributed by atoms with Gasteiger partial charge in [-0.05, 0) is 37.8 Å². The maximum absolute atomic E-state index is 13.1. The molecule has 0 aliphatic carbocycles. The Morgan fingerprint density at radius 1 is 0.929 bits per heavy atom. The molecule has 5 nitrogen and oxygen atoms in total. The average molecular weight is 397 g/mol. The Labute approximate surface area is 171 Å². The Kier molecular flexibility index (Phi) is 6.47. The molecule has 1 aromatic heterocycles. The van der Waals surface area contributed by atoms with E-state index in [4.69, 9.17) is 0 Å². The van der Waals surface area contributed by atoms with Crippen molar-refractivity contribution in [3.05, 3.63) is 42.7 Å². The highest BCUT2D eigenvalue weighted by atomic mass is 32.2. The summed E-state index contributed by atoms with van der Waals surface area (Å²) in [7, 11) is 0. The Morgan fingerprint density at radius 2 is 1.68 bits per heavy atom. The standard InChI is InChI=1S/C22H28N4OS/c27-22(25-14-6-1-2-7-15-25)18-9-8-16-26(17-18)20-21(24-13-12-23-20)28-19-10-4-3-5-11-19/h3-5,10-13,18H,1-2,6-9,14-17H2. The fourth-order valence-corrected chi connectivity index (χ4v) is 5.03. The number of likely N-dealkylation sites (tertiary alicyclic amines) is 1. The van der Waals surface area contributed by atoms with Gasteiger partial charge in [-0.2, -0.15) is 0 Å². The lowest BCUT2D eigenvalue weighted by atomic mass is 9.96. The van der Waals surface area contributed by atoms with Crippen molar-refractivity contribution in [2.24, 2.45) is 5.92 Å². The van der Waals surface area contributed by atoms with Gasteiger partial charge in [0.25, 0.3) is 0 Å². The van der Waals surface area contributed by atoms with Gasteiger partial charge in [0.2, 0.25) is 5.91 Å². The maximum atomic E-state index is 13.1. The molecule has 28 heavy (non-hydrogen) atoms. The lowest BCUT2D eigenvalue weighted by Gasteiger charge is -2.35. The van der Waals surface area contributed by atoms with Gasteiger partial charge >= 0.3 is 0 Å². The molecule has 0 bridgehead atoms. The van der Waals surface area contributed by atoms with Crippen LogP contribution in [0.5, 0.6) is 0 Å². The summed E-state index contributed by atoms with van der Waals surface area (Å²) in [6.45, 7) is 3.53. The third kappa shape index (κ3) is 4.66. The highest BCUT2D eigenvalue weighted by Crippen LogP contribution is 2.34. The van der Waals surface area contributed by atoms with Crippen LogP contribution in [0.15, 0.2) is 52.6 Å². The summed E-state index contributed by atoms with van der Waals surface area (Å²) in [5, 5.41) is 0.913. The van der Waals surface area contributed by atoms with Gasteiger partial charge in [-0.15, -0.1) is 0 Å². The van der Waals surface area contributed by atoms with Crippen LogP contribution in [0.25, 0.3) is 0 Å². The van der Waals surface area contributed by atoms with Gasteiger partial charge in [0, 0.05) is 43.5 Å². The number of amides is 1. The van der Waals surface area contributed by atoms with Crippen LogP contribution in [0, 0.1) is 5.92 Å². The van der Waals surface area contributed by atoms with Gasteiger partial charge in [0.05, 0.1) is 5.92 Å². The predicted molar refractivity (Wildman–Crippen MR) is 113 cm³/mol. The molecule has 2 aliphatic rings. The number of rotatable bonds is 4. The summed E-state index contributed by atoms with van der Waals surface area (Å²) in [6, 6.07) is 10.3. The first-order chi connectivity index (χ1) is 13.8. The molecule has 1 atom stereocenters. The second-order valence-electron chi connectivity index (χ2n) is 7.62. The van der Waals surface area contributed by atoms with E-state index in [1.54, 1.807) is 24.2 Å². The number of anilines is 1. The van der Waals surface area contributed by atoms with Crippen LogP contribution in [-0.2, 0) is 4.79 Å². The molecule has 1 unspecified atom stereocenters. The first kappa shape index (κ1) is 19.2. The van der Waals surface area contributed by atoms with Crippen LogP contribution in [0.3, 0.4) is 0 Å². The Hall–Kier alpha value is -2.08. The lowest BCUT2D eigenvalue weighted by Crippen LogP contribution is -2.45. The molecule has 2 aromatic rings. The molecule has 2 saturated heterocycles. The fraction of sp³-hybridized carbons (Fsp3) is 0.500. The molecule has 0 N–H and O–H groups in total. The van der Waals surface area contributed by atoms with Gasteiger partial charge in [0.1, 0.15) is 5.03 Å². The number of benzene rings is 1. The van der Waals surface area contributed by atoms with Crippen LogP contribution in [0.2, 0.25) is 0 Å². The zero-order valence-electron chi connectivity index (χ0n) is 16.3. The molecule has 0 spiro atoms. The summed E-state index contributed by atoms with van der Waals surface area (Å²) in [5.41, 5.74) is 0. The molecular formula is C22H28N4OS. The molecule has 0 radical (unpaired) electrons. The van der Waals surface area contributed by atoms with E-state index in [0.29, 0.717) is 5.91 Å². The highest BCUT2D eigenvalue weighted by Gasteiger charge is 2.31. The summed E-state index contributed by atoms with van der Waals surface area (Å²) in [4.78, 5) is 27.9. The molecular weight excluding hydrogens is 368 g/mol. The number of nitrogens with zero attached hydrogens (tertiary/aromatic N) is 4. The minimum Gasteiger partial charge on any atom is -0.354 e. The van der Waals surface area contributed by atoms with Crippen molar-refractivity contribution in [3.8, 4) is 0 Å². The summed E-state index contributed by atoms with van der Waals surface area (Å²) >= 11 is 1.64. The number of carbonyl (C=O) groups is 1. The van der Waals surface area contributed by atoms with Crippen LogP contribution < -0.4 is 4.90 Å². The van der Waals surface area contributed by atoms with Crippen molar-refractivity contribution in [1.82, 2.24) is 14.9 Å². The monoisotopic (exact) mass is 396 g/mol. The second-order valence-corrected chi connectivity index (χ2v) is 8.69. The summed E-state index contributed by atoms with van der Waals surface area (Å²) < 4.78 is 0. The zero-order chi connectivity index (χ0) is 19.2. The Morgan fingerprint density at radius 3 is 2.46 bits per heavy atom. The smallest absolute Gasteiger partial charge is 0.227 e. The van der Waals surface area contributed by atoms with E-state index in [1.807, 2.05) is 18.2 Å². The van der Waals surface area contributed by atoms with Crippen LogP contribution in [0.1, 0.15) is 38.5 Å². The van der Waals surface area contributed by atoms with E-state index in [1.165, 1.54) is 12.8 Å². The van der Waals surface area contributed by atoms with Gasteiger partial charge in [-0.25, -0.2) is 9.97 Å². The molecule has 2 fully saturated rings. The van der Waals surface area contributed by atoms with Gasteiger partial charge in [-0.3, -0.25) is 4.79 Å². The van der Waals surface area contributed by atoms with Crippen molar-refractivity contribution < 1.29 is 4.79 Å². The molecule has 6 heteroatoms. The van der Waals surface area contributed by atoms with E-state index >= 15 is 0 Å². The lowest BCUT2D eigenvalue weighted by molar-refractivity contribution is -0.135. The van der Waals surface area contributed by atoms with E-state index in [0.717, 1.165) is 67.6 Å². The SMILES string of the molecule is O=C(C1CCCN(c2nccnc2Sc2ccccc2)C1)N1CCCCCC1. The fourth-order valence-electron chi connectivity index (χ4n) is 4.13. The van der Waals surface area contributed by atoms with Gasteiger partial charge in [0.15, 0.2) is 5.82 Å². The van der Waals surface area contributed by atoms with Crippen molar-refractivity contribution >= 4 is 23.5 Å². The van der Waals surface area contributed by atoms with Crippen LogP contribution in [-0.4, -0.2) is 47.0 Å². The number of aromatic nitrogens is 2. The number of carbonyl (C=O) groups excluding carboxylic acids is 1. The predicted octanol–water partition coefficient (Wildman–Crippen LogP) is 4.25. The number of piperidine rings is 1. The molecule has 0 saturated carbocycles. The molecule has 1 aromatic carbocycles. The quantitative estimate of drug-likeness (QED) is 0.773. The van der Waals surface area contributed by atoms with E-state index in [9.17, 15) is 4.79 Å². The maximum Gasteiger partial charge on any atom is 0.227 e. The van der Waals surface area contributed by atoms with Crippen molar-refractivity contribution in [3.63, 3.8) is 0 Å². The van der Waals surface area contributed by atoms with Crippen molar-refractivity contribution in [1.29, 1.82) is 0 Å². The first-order valence-corrected chi connectivity index (χ1v) is 11.2. The zero-order valence-corrected chi connectivity index (χ0v) is 17.1. The third-order valence-electron chi connectivity index (χ3n) is 5.59. The summed E-state index contributed by atoms with van der Waals surface area (Å²) in [6.07, 6.45) is 10.3. The highest BCUT2D eigenvalue weighted by molar-refractivity contribution is 7.99. The molecule has 3 heterocycles. The van der Waals surface area contributed by atoms with Crippen LogP contribution in [0.4, 0.5) is 5.82 Å².